The van der Waals surface area contributed by atoms with Gasteiger partial charge in [-0.3, -0.25) is 4.98 Å². The average molecular weight is 319 g/mol. The first kappa shape index (κ1) is 11.9. The molecule has 0 spiro atoms. The number of aromatic nitrogens is 1. The minimum atomic E-state index is 0.442. The fourth-order valence-corrected chi connectivity index (χ4v) is 2.52. The van der Waals surface area contributed by atoms with Crippen molar-refractivity contribution in [2.75, 3.05) is 0 Å². The lowest BCUT2D eigenvalue weighted by molar-refractivity contribution is 0.305. The standard InChI is InChI=1S/C11H9BrClNOS/c12-10-3-1-2-8(4-13)11(10)15-6-9-5-14-7-16-9/h1-3,5,7H,4,6H2. The number of para-hydroxylation sites is 1. The van der Waals surface area contributed by atoms with Crippen LogP contribution in [0.2, 0.25) is 0 Å². The first-order valence-corrected chi connectivity index (χ1v) is 6.85. The molecule has 0 saturated carbocycles. The number of halogens is 2. The molecule has 0 fully saturated rings. The highest BCUT2D eigenvalue weighted by Crippen LogP contribution is 2.31. The van der Waals surface area contributed by atoms with E-state index in [-0.39, 0.29) is 0 Å². The fraction of sp³-hybridized carbons (Fsp3) is 0.182. The predicted octanol–water partition coefficient (Wildman–Crippen LogP) is 4.22. The molecule has 1 aromatic heterocycles. The van der Waals surface area contributed by atoms with Gasteiger partial charge in [0.2, 0.25) is 0 Å². The van der Waals surface area contributed by atoms with E-state index in [0.717, 1.165) is 20.7 Å². The van der Waals surface area contributed by atoms with Gasteiger partial charge in [-0.05, 0) is 22.0 Å². The van der Waals surface area contributed by atoms with E-state index in [9.17, 15) is 0 Å². The number of ether oxygens (including phenoxy) is 1. The lowest BCUT2D eigenvalue weighted by Gasteiger charge is -2.10. The first-order chi connectivity index (χ1) is 7.81. The van der Waals surface area contributed by atoms with E-state index in [2.05, 4.69) is 20.9 Å². The van der Waals surface area contributed by atoms with Gasteiger partial charge in [0, 0.05) is 11.8 Å². The highest BCUT2D eigenvalue weighted by molar-refractivity contribution is 9.10. The van der Waals surface area contributed by atoms with Crippen LogP contribution in [0.4, 0.5) is 0 Å². The molecule has 2 nitrogen and oxygen atoms in total. The molecule has 16 heavy (non-hydrogen) atoms. The third-order valence-corrected chi connectivity index (χ3v) is 3.70. The third-order valence-electron chi connectivity index (χ3n) is 2.03. The van der Waals surface area contributed by atoms with Crippen molar-refractivity contribution in [2.45, 2.75) is 12.5 Å². The molecule has 1 aromatic carbocycles. The Bertz CT molecular complexity index is 461. The maximum absolute atomic E-state index is 5.85. The van der Waals surface area contributed by atoms with Crippen molar-refractivity contribution in [1.82, 2.24) is 4.98 Å². The highest BCUT2D eigenvalue weighted by atomic mass is 79.9. The van der Waals surface area contributed by atoms with Gasteiger partial charge in [-0.2, -0.15) is 0 Å². The van der Waals surface area contributed by atoms with Gasteiger partial charge in [0.05, 0.1) is 20.7 Å². The van der Waals surface area contributed by atoms with Gasteiger partial charge in [0.15, 0.2) is 0 Å². The largest absolute Gasteiger partial charge is 0.486 e. The van der Waals surface area contributed by atoms with Crippen molar-refractivity contribution in [3.63, 3.8) is 0 Å². The van der Waals surface area contributed by atoms with Crippen LogP contribution in [0.3, 0.4) is 0 Å². The smallest absolute Gasteiger partial charge is 0.138 e. The predicted molar refractivity (Wildman–Crippen MR) is 70.1 cm³/mol. The Hall–Kier alpha value is -0.580. The summed E-state index contributed by atoms with van der Waals surface area (Å²) in [5.41, 5.74) is 2.78. The molecule has 1 heterocycles. The van der Waals surface area contributed by atoms with Crippen molar-refractivity contribution in [3.05, 3.63) is 44.8 Å². The molecule has 0 bridgehead atoms. The van der Waals surface area contributed by atoms with Crippen LogP contribution < -0.4 is 4.74 Å². The van der Waals surface area contributed by atoms with Crippen molar-refractivity contribution in [3.8, 4) is 5.75 Å². The van der Waals surface area contributed by atoms with Crippen LogP contribution in [0.1, 0.15) is 10.4 Å². The number of hydrogen-bond acceptors (Lipinski definition) is 3. The Kier molecular flexibility index (Phi) is 4.21. The summed E-state index contributed by atoms with van der Waals surface area (Å²) < 4.78 is 6.67. The fourth-order valence-electron chi connectivity index (χ4n) is 1.28. The van der Waals surface area contributed by atoms with Gasteiger partial charge in [-0.25, -0.2) is 0 Å². The summed E-state index contributed by atoms with van der Waals surface area (Å²) in [6.45, 7) is 0.525. The molecule has 0 aliphatic heterocycles. The Labute approximate surface area is 111 Å². The Balaban J connectivity index is 2.14. The monoisotopic (exact) mass is 317 g/mol. The second-order valence-corrected chi connectivity index (χ2v) is 5.21. The second kappa shape index (κ2) is 5.66. The van der Waals surface area contributed by atoms with E-state index in [4.69, 9.17) is 16.3 Å². The number of nitrogens with zero attached hydrogens (tertiary/aromatic N) is 1. The molecule has 0 aliphatic carbocycles. The zero-order valence-electron chi connectivity index (χ0n) is 8.32. The number of rotatable bonds is 4. The van der Waals surface area contributed by atoms with Gasteiger partial charge in [-0.15, -0.1) is 22.9 Å². The van der Waals surface area contributed by atoms with E-state index >= 15 is 0 Å². The van der Waals surface area contributed by atoms with Crippen LogP contribution in [0.5, 0.6) is 5.75 Å². The van der Waals surface area contributed by atoms with Gasteiger partial charge in [-0.1, -0.05) is 12.1 Å². The van der Waals surface area contributed by atoms with Gasteiger partial charge >= 0.3 is 0 Å². The lowest BCUT2D eigenvalue weighted by atomic mass is 10.2. The highest BCUT2D eigenvalue weighted by Gasteiger charge is 2.07. The molecule has 0 unspecified atom stereocenters. The molecule has 84 valence electrons. The number of thiazole rings is 1. The third kappa shape index (κ3) is 2.75. The molecule has 0 amide bonds. The summed E-state index contributed by atoms with van der Waals surface area (Å²) in [5.74, 6) is 1.25. The van der Waals surface area contributed by atoms with Crippen LogP contribution in [0.25, 0.3) is 0 Å². The van der Waals surface area contributed by atoms with Crippen LogP contribution >= 0.6 is 38.9 Å². The maximum Gasteiger partial charge on any atom is 0.138 e. The Morgan fingerprint density at radius 1 is 1.44 bits per heavy atom. The molecule has 0 N–H and O–H groups in total. The van der Waals surface area contributed by atoms with Gasteiger partial charge in [0.25, 0.3) is 0 Å². The molecule has 0 aliphatic rings. The molecular formula is C11H9BrClNOS. The van der Waals surface area contributed by atoms with E-state index in [1.807, 2.05) is 24.4 Å². The maximum atomic E-state index is 5.85. The van der Waals surface area contributed by atoms with E-state index in [1.165, 1.54) is 0 Å². The van der Waals surface area contributed by atoms with Crippen LogP contribution in [-0.4, -0.2) is 4.98 Å². The number of benzene rings is 1. The van der Waals surface area contributed by atoms with E-state index < -0.39 is 0 Å². The molecule has 0 radical (unpaired) electrons. The minimum Gasteiger partial charge on any atom is -0.486 e. The Morgan fingerprint density at radius 3 is 3.00 bits per heavy atom. The molecule has 5 heteroatoms. The number of alkyl halides is 1. The van der Waals surface area contributed by atoms with E-state index in [1.54, 1.807) is 16.8 Å². The molecule has 0 atom stereocenters. The average Bonchev–Trinajstić information content (AvgIpc) is 2.80. The van der Waals surface area contributed by atoms with Crippen molar-refractivity contribution in [2.24, 2.45) is 0 Å². The summed E-state index contributed by atoms with van der Waals surface area (Å²) in [6, 6.07) is 5.85. The summed E-state index contributed by atoms with van der Waals surface area (Å²) in [4.78, 5) is 5.09. The van der Waals surface area contributed by atoms with Crippen molar-refractivity contribution >= 4 is 38.9 Å². The summed E-state index contributed by atoms with van der Waals surface area (Å²) >= 11 is 10.9. The Morgan fingerprint density at radius 2 is 2.31 bits per heavy atom. The number of hydrogen-bond donors (Lipinski definition) is 0. The van der Waals surface area contributed by atoms with Gasteiger partial charge < -0.3 is 4.74 Å². The molecular weight excluding hydrogens is 310 g/mol. The van der Waals surface area contributed by atoms with E-state index in [0.29, 0.717) is 12.5 Å². The lowest BCUT2D eigenvalue weighted by Crippen LogP contribution is -1.97. The van der Waals surface area contributed by atoms with Crippen LogP contribution in [0, 0.1) is 0 Å². The SMILES string of the molecule is ClCc1cccc(Br)c1OCc1cncs1. The summed E-state index contributed by atoms with van der Waals surface area (Å²) in [6.07, 6.45) is 1.81. The zero-order chi connectivity index (χ0) is 11.4. The normalized spacial score (nSPS) is 10.4. The zero-order valence-corrected chi connectivity index (χ0v) is 11.5. The molecule has 0 saturated heterocycles. The quantitative estimate of drug-likeness (QED) is 0.787. The second-order valence-electron chi connectivity index (χ2n) is 3.12. The van der Waals surface area contributed by atoms with Crippen molar-refractivity contribution in [1.29, 1.82) is 0 Å². The first-order valence-electron chi connectivity index (χ1n) is 4.65. The topological polar surface area (TPSA) is 22.1 Å². The molecule has 2 rings (SSSR count). The van der Waals surface area contributed by atoms with Gasteiger partial charge in [0.1, 0.15) is 12.4 Å². The summed E-state index contributed by atoms with van der Waals surface area (Å²) in [5, 5.41) is 0. The minimum absolute atomic E-state index is 0.442. The van der Waals surface area contributed by atoms with Crippen LogP contribution in [0.15, 0.2) is 34.4 Å². The summed E-state index contributed by atoms with van der Waals surface area (Å²) in [7, 11) is 0. The van der Waals surface area contributed by atoms with Crippen LogP contribution in [-0.2, 0) is 12.5 Å². The van der Waals surface area contributed by atoms with Crippen molar-refractivity contribution < 1.29 is 4.74 Å². The molecule has 2 aromatic rings.